The molecule has 0 radical (unpaired) electrons. The Kier molecular flexibility index (Phi) is 3.44. The Hall–Kier alpha value is -1.81. The molecule has 0 saturated heterocycles. The number of hydrogen-bond donors (Lipinski definition) is 2. The smallest absolute Gasteiger partial charge is 0.305 e. The number of rotatable bonds is 5. The van der Waals surface area contributed by atoms with Gasteiger partial charge < -0.3 is 15.4 Å². The highest BCUT2D eigenvalue weighted by atomic mass is 16.4. The second-order valence-corrected chi connectivity index (χ2v) is 4.05. The van der Waals surface area contributed by atoms with Gasteiger partial charge in [0, 0.05) is 23.6 Å². The number of benzene rings is 1. The van der Waals surface area contributed by atoms with Crippen LogP contribution in [0.5, 0.6) is 0 Å². The third kappa shape index (κ3) is 2.47. The fraction of sp³-hybridized carbons (Fsp3) is 0.308. The van der Waals surface area contributed by atoms with Gasteiger partial charge in [0.1, 0.15) is 0 Å². The molecular formula is C13H16N2O2. The van der Waals surface area contributed by atoms with Gasteiger partial charge in [-0.3, -0.25) is 4.79 Å². The number of aliphatic carboxylic acids is 1. The van der Waals surface area contributed by atoms with Crippen LogP contribution in [0.1, 0.15) is 12.0 Å². The van der Waals surface area contributed by atoms with Crippen molar-refractivity contribution in [1.82, 2.24) is 4.57 Å². The van der Waals surface area contributed by atoms with Crippen molar-refractivity contribution in [1.29, 1.82) is 0 Å². The van der Waals surface area contributed by atoms with Crippen LogP contribution in [-0.2, 0) is 17.8 Å². The number of carboxylic acid groups (broad SMARTS) is 1. The summed E-state index contributed by atoms with van der Waals surface area (Å²) in [4.78, 5) is 10.6. The summed E-state index contributed by atoms with van der Waals surface area (Å²) in [6, 6.07) is 8.02. The lowest BCUT2D eigenvalue weighted by molar-refractivity contribution is -0.137. The van der Waals surface area contributed by atoms with E-state index in [1.54, 1.807) is 0 Å². The maximum absolute atomic E-state index is 10.6. The number of fused-ring (bicyclic) bond motifs is 1. The molecule has 17 heavy (non-hydrogen) atoms. The Balaban J connectivity index is 2.37. The maximum Gasteiger partial charge on any atom is 0.305 e. The fourth-order valence-corrected chi connectivity index (χ4v) is 2.08. The molecule has 4 nitrogen and oxygen atoms in total. The van der Waals surface area contributed by atoms with Crippen molar-refractivity contribution in [2.45, 2.75) is 19.4 Å². The van der Waals surface area contributed by atoms with Crippen molar-refractivity contribution in [3.8, 4) is 0 Å². The van der Waals surface area contributed by atoms with E-state index in [1.165, 1.54) is 10.9 Å². The van der Waals surface area contributed by atoms with Gasteiger partial charge in [-0.2, -0.15) is 0 Å². The highest BCUT2D eigenvalue weighted by Crippen LogP contribution is 2.21. The lowest BCUT2D eigenvalue weighted by Gasteiger charge is -2.01. The zero-order valence-corrected chi connectivity index (χ0v) is 9.60. The second kappa shape index (κ2) is 5.01. The zero-order valence-electron chi connectivity index (χ0n) is 9.60. The second-order valence-electron chi connectivity index (χ2n) is 4.05. The van der Waals surface area contributed by atoms with Crippen LogP contribution >= 0.6 is 0 Å². The van der Waals surface area contributed by atoms with Crippen molar-refractivity contribution < 1.29 is 9.90 Å². The summed E-state index contributed by atoms with van der Waals surface area (Å²) in [6.07, 6.45) is 2.97. The number of nitrogens with two attached hydrogens (primary N) is 1. The van der Waals surface area contributed by atoms with Crippen molar-refractivity contribution >= 4 is 16.9 Å². The van der Waals surface area contributed by atoms with Crippen LogP contribution in [0.4, 0.5) is 0 Å². The van der Waals surface area contributed by atoms with Crippen LogP contribution in [0.3, 0.4) is 0 Å². The Morgan fingerprint density at radius 3 is 2.82 bits per heavy atom. The highest BCUT2D eigenvalue weighted by molar-refractivity contribution is 5.84. The van der Waals surface area contributed by atoms with Crippen LogP contribution in [0, 0.1) is 0 Å². The first-order valence-corrected chi connectivity index (χ1v) is 5.71. The molecule has 0 amide bonds. The van der Waals surface area contributed by atoms with Crippen LogP contribution < -0.4 is 5.73 Å². The molecule has 0 bridgehead atoms. The Morgan fingerprint density at radius 2 is 2.12 bits per heavy atom. The highest BCUT2D eigenvalue weighted by Gasteiger charge is 2.08. The van der Waals surface area contributed by atoms with Crippen LogP contribution in [0.25, 0.3) is 10.9 Å². The molecule has 2 rings (SSSR count). The van der Waals surface area contributed by atoms with Crippen LogP contribution in [0.2, 0.25) is 0 Å². The molecule has 3 N–H and O–H groups in total. The topological polar surface area (TPSA) is 68.2 Å². The molecule has 1 aromatic carbocycles. The number of carbonyl (C=O) groups is 1. The number of aromatic nitrogens is 1. The summed E-state index contributed by atoms with van der Waals surface area (Å²) < 4.78 is 1.99. The first-order valence-electron chi connectivity index (χ1n) is 5.71. The van der Waals surface area contributed by atoms with E-state index in [0.29, 0.717) is 13.1 Å². The summed E-state index contributed by atoms with van der Waals surface area (Å²) in [5.41, 5.74) is 7.85. The monoisotopic (exact) mass is 232 g/mol. The molecule has 90 valence electrons. The SMILES string of the molecule is NCCc1cn(CCC(=O)O)c2ccccc12. The van der Waals surface area contributed by atoms with Gasteiger partial charge in [-0.1, -0.05) is 18.2 Å². The third-order valence-electron chi connectivity index (χ3n) is 2.85. The lowest BCUT2D eigenvalue weighted by Crippen LogP contribution is -2.04. The molecule has 0 saturated carbocycles. The summed E-state index contributed by atoms with van der Waals surface area (Å²) in [5, 5.41) is 9.89. The maximum atomic E-state index is 10.6. The van der Waals surface area contributed by atoms with Gasteiger partial charge in [0.25, 0.3) is 0 Å². The predicted molar refractivity (Wildman–Crippen MR) is 66.9 cm³/mol. The number of carboxylic acids is 1. The number of nitrogens with zero attached hydrogens (tertiary/aromatic N) is 1. The van der Waals surface area contributed by atoms with Crippen molar-refractivity contribution in [2.75, 3.05) is 6.54 Å². The van der Waals surface area contributed by atoms with Gasteiger partial charge in [-0.05, 0) is 24.6 Å². The van der Waals surface area contributed by atoms with E-state index in [4.69, 9.17) is 10.8 Å². The van der Waals surface area contributed by atoms with Crippen LogP contribution in [0.15, 0.2) is 30.5 Å². The third-order valence-corrected chi connectivity index (χ3v) is 2.85. The molecule has 0 aliphatic carbocycles. The quantitative estimate of drug-likeness (QED) is 0.823. The molecular weight excluding hydrogens is 216 g/mol. The van der Waals surface area contributed by atoms with Gasteiger partial charge in [0.15, 0.2) is 0 Å². The van der Waals surface area contributed by atoms with E-state index in [0.717, 1.165) is 11.9 Å². The molecule has 1 aromatic heterocycles. The number of para-hydroxylation sites is 1. The van der Waals surface area contributed by atoms with Gasteiger partial charge in [-0.15, -0.1) is 0 Å². The Bertz CT molecular complexity index is 531. The molecule has 0 fully saturated rings. The predicted octanol–water partition coefficient (Wildman–Crippen LogP) is 1.62. The molecule has 4 heteroatoms. The minimum Gasteiger partial charge on any atom is -0.481 e. The van der Waals surface area contributed by atoms with Gasteiger partial charge in [0.05, 0.1) is 6.42 Å². The number of aryl methyl sites for hydroxylation is 1. The number of hydrogen-bond acceptors (Lipinski definition) is 2. The fourth-order valence-electron chi connectivity index (χ4n) is 2.08. The van der Waals surface area contributed by atoms with Crippen molar-refractivity contribution in [2.24, 2.45) is 5.73 Å². The summed E-state index contributed by atoms with van der Waals surface area (Å²) in [6.45, 7) is 1.10. The molecule has 1 heterocycles. The molecule has 0 unspecified atom stereocenters. The average molecular weight is 232 g/mol. The molecule has 0 spiro atoms. The van der Waals surface area contributed by atoms with Gasteiger partial charge >= 0.3 is 5.97 Å². The van der Waals surface area contributed by atoms with Gasteiger partial charge in [-0.25, -0.2) is 0 Å². The molecule has 0 aliphatic heterocycles. The largest absolute Gasteiger partial charge is 0.481 e. The minimum absolute atomic E-state index is 0.140. The lowest BCUT2D eigenvalue weighted by atomic mass is 10.1. The normalized spacial score (nSPS) is 10.9. The Morgan fingerprint density at radius 1 is 1.35 bits per heavy atom. The first kappa shape index (κ1) is 11.7. The van der Waals surface area contributed by atoms with Gasteiger partial charge in [0.2, 0.25) is 0 Å². The average Bonchev–Trinajstić information content (AvgIpc) is 2.66. The molecule has 0 aliphatic rings. The van der Waals surface area contributed by atoms with E-state index in [1.807, 2.05) is 29.0 Å². The van der Waals surface area contributed by atoms with Crippen molar-refractivity contribution in [3.05, 3.63) is 36.0 Å². The van der Waals surface area contributed by atoms with E-state index in [2.05, 4.69) is 6.07 Å². The van der Waals surface area contributed by atoms with E-state index in [9.17, 15) is 4.79 Å². The molecule has 0 atom stereocenters. The van der Waals surface area contributed by atoms with E-state index < -0.39 is 5.97 Å². The summed E-state index contributed by atoms with van der Waals surface area (Å²) >= 11 is 0. The summed E-state index contributed by atoms with van der Waals surface area (Å²) in [5.74, 6) is -0.775. The minimum atomic E-state index is -0.775. The van der Waals surface area contributed by atoms with E-state index >= 15 is 0 Å². The zero-order chi connectivity index (χ0) is 12.3. The first-order chi connectivity index (χ1) is 8.22. The standard InChI is InChI=1S/C13H16N2O2/c14-7-5-10-9-15(8-6-13(16)17)12-4-2-1-3-11(10)12/h1-4,9H,5-8,14H2,(H,16,17). The Labute approximate surface area is 99.7 Å². The summed E-state index contributed by atoms with van der Waals surface area (Å²) in [7, 11) is 0. The van der Waals surface area contributed by atoms with E-state index in [-0.39, 0.29) is 6.42 Å². The van der Waals surface area contributed by atoms with Crippen LogP contribution in [-0.4, -0.2) is 22.2 Å². The van der Waals surface area contributed by atoms with Crippen molar-refractivity contribution in [3.63, 3.8) is 0 Å². The molecule has 2 aromatic rings.